The van der Waals surface area contributed by atoms with Crippen molar-refractivity contribution in [3.05, 3.63) is 167 Å². The SMILES string of the molecule is C#C[C@@](C)(O)c1ncccn1.COC(=O)c1nn(-c2cccc(Br)c2)c2ccccc12.COC(=O)c1nn(-c2cccc(C#C[C@@](C)(O)c3ncccn3)c2)c2ccccc12. The lowest BCUT2D eigenvalue weighted by molar-refractivity contribution is 0.0587. The fourth-order valence-corrected chi connectivity index (χ4v) is 6.15. The minimum Gasteiger partial charge on any atom is -0.464 e. The predicted octanol–water partition coefficient (Wildman–Crippen LogP) is 6.75. The molecule has 0 fully saturated rings. The second-order valence-electron chi connectivity index (χ2n) is 13.3. The highest BCUT2D eigenvalue weighted by Crippen LogP contribution is 2.25. The molecule has 0 radical (unpaired) electrons. The number of carbonyl (C=O) groups is 2. The molecule has 0 aliphatic carbocycles. The van der Waals surface area contributed by atoms with Crippen molar-refractivity contribution in [3.8, 4) is 35.6 Å². The number of nitrogens with zero attached hydrogens (tertiary/aromatic N) is 8. The van der Waals surface area contributed by atoms with Gasteiger partial charge in [0.05, 0.1) is 36.6 Å². The fraction of sp³-hybridized carbons (Fsp3) is 0.130. The van der Waals surface area contributed by atoms with E-state index in [0.29, 0.717) is 16.6 Å². The molecule has 2 atom stereocenters. The Balaban J connectivity index is 0.000000172. The summed E-state index contributed by atoms with van der Waals surface area (Å²) in [5.74, 6) is 7.52. The van der Waals surface area contributed by atoms with Crippen molar-refractivity contribution in [3.63, 3.8) is 0 Å². The molecule has 8 aromatic rings. The number of carbonyl (C=O) groups excluding carboxylic acids is 2. The highest BCUT2D eigenvalue weighted by Gasteiger charge is 2.24. The summed E-state index contributed by atoms with van der Waals surface area (Å²) < 4.78 is 14.0. The van der Waals surface area contributed by atoms with Gasteiger partial charge in [-0.2, -0.15) is 10.2 Å². The average Bonchev–Trinajstić information content (AvgIpc) is 3.89. The van der Waals surface area contributed by atoms with Crippen LogP contribution in [0, 0.1) is 24.2 Å². The lowest BCUT2D eigenvalue weighted by atomic mass is 10.1. The molecule has 0 spiro atoms. The number of hydrogen-bond donors (Lipinski definition) is 2. The predicted molar refractivity (Wildman–Crippen MR) is 231 cm³/mol. The number of aromatic nitrogens is 8. The highest BCUT2D eigenvalue weighted by atomic mass is 79.9. The minimum atomic E-state index is -1.49. The van der Waals surface area contributed by atoms with Crippen molar-refractivity contribution in [1.82, 2.24) is 39.5 Å². The van der Waals surface area contributed by atoms with E-state index in [1.54, 1.807) is 40.8 Å². The molecule has 0 aliphatic rings. The number of hydrogen-bond acceptors (Lipinski definition) is 12. The molecule has 2 N–H and O–H groups in total. The molecule has 0 bridgehead atoms. The van der Waals surface area contributed by atoms with Crippen LogP contribution in [0.3, 0.4) is 0 Å². The van der Waals surface area contributed by atoms with Gasteiger partial charge in [0, 0.05) is 45.6 Å². The number of rotatable bonds is 6. The number of aliphatic hydroxyl groups is 2. The molecule has 0 aliphatic heterocycles. The summed E-state index contributed by atoms with van der Waals surface area (Å²) in [6.45, 7) is 3.02. The fourth-order valence-electron chi connectivity index (χ4n) is 5.76. The number of para-hydroxylation sites is 2. The standard InChI is InChI=1S/C23H18N4O3.C15H11BrN2O2.C8H8N2O/c1-23(29,22-24-13-6-14-25-22)12-11-16-7-5-8-17(15-16)27-19-10-4-3-9-18(19)20(26-27)21(28)30-2;1-20-15(19)14-12-7-2-3-8-13(12)18(17-14)11-6-4-5-10(16)9-11;1-3-8(2,11)7-9-5-4-6-10-7/h3-10,13-15,29H,1-2H3;2-9H,1H3;1,4-6,11H,2H3/t23-;;8-/m1.1/s1. The van der Waals surface area contributed by atoms with Crippen LogP contribution < -0.4 is 0 Å². The zero-order chi connectivity index (χ0) is 43.6. The Hall–Kier alpha value is -7.56. The van der Waals surface area contributed by atoms with E-state index < -0.39 is 23.1 Å². The summed E-state index contributed by atoms with van der Waals surface area (Å²) in [6.07, 6.45) is 11.2. The minimum absolute atomic E-state index is 0.231. The van der Waals surface area contributed by atoms with Crippen molar-refractivity contribution >= 4 is 49.7 Å². The molecule has 0 unspecified atom stereocenters. The number of methoxy groups -OCH3 is 2. The Morgan fingerprint density at radius 3 is 1.57 bits per heavy atom. The summed E-state index contributed by atoms with van der Waals surface area (Å²) in [5.41, 5.74) is 1.63. The number of halogens is 1. The number of ether oxygens (including phenoxy) is 2. The Labute approximate surface area is 359 Å². The van der Waals surface area contributed by atoms with Crippen LogP contribution in [-0.4, -0.2) is 75.9 Å². The molecule has 14 nitrogen and oxygen atoms in total. The zero-order valence-electron chi connectivity index (χ0n) is 33.3. The molecule has 61 heavy (non-hydrogen) atoms. The molecular formula is C46H37BrN8O6. The summed E-state index contributed by atoms with van der Waals surface area (Å²) in [4.78, 5) is 39.7. The van der Waals surface area contributed by atoms with Gasteiger partial charge >= 0.3 is 11.9 Å². The highest BCUT2D eigenvalue weighted by molar-refractivity contribution is 9.10. The van der Waals surface area contributed by atoms with Crippen LogP contribution in [0.2, 0.25) is 0 Å². The molecule has 0 amide bonds. The molecule has 8 rings (SSSR count). The zero-order valence-corrected chi connectivity index (χ0v) is 34.8. The van der Waals surface area contributed by atoms with Gasteiger partial charge in [0.15, 0.2) is 34.2 Å². The van der Waals surface area contributed by atoms with Gasteiger partial charge in [0.2, 0.25) is 0 Å². The maximum atomic E-state index is 12.1. The maximum Gasteiger partial charge on any atom is 0.359 e. The van der Waals surface area contributed by atoms with Crippen molar-refractivity contribution in [2.75, 3.05) is 14.2 Å². The van der Waals surface area contributed by atoms with Gasteiger partial charge in [-0.05, 0) is 74.5 Å². The first-order valence-corrected chi connectivity index (χ1v) is 19.2. The molecule has 4 heterocycles. The number of esters is 2. The first-order valence-electron chi connectivity index (χ1n) is 18.4. The van der Waals surface area contributed by atoms with Gasteiger partial charge in [-0.15, -0.1) is 6.42 Å². The molecule has 4 aromatic carbocycles. The second kappa shape index (κ2) is 19.0. The van der Waals surface area contributed by atoms with Crippen molar-refractivity contribution in [2.45, 2.75) is 25.0 Å². The first-order chi connectivity index (χ1) is 29.4. The van der Waals surface area contributed by atoms with Crippen molar-refractivity contribution in [1.29, 1.82) is 0 Å². The first kappa shape index (κ1) is 43.0. The van der Waals surface area contributed by atoms with Crippen LogP contribution in [0.4, 0.5) is 0 Å². The van der Waals surface area contributed by atoms with E-state index in [-0.39, 0.29) is 17.3 Å². The van der Waals surface area contributed by atoms with E-state index in [4.69, 9.17) is 15.9 Å². The van der Waals surface area contributed by atoms with Crippen LogP contribution in [0.1, 0.15) is 52.0 Å². The lowest BCUT2D eigenvalue weighted by Crippen LogP contribution is -2.21. The van der Waals surface area contributed by atoms with Gasteiger partial charge < -0.3 is 19.7 Å². The van der Waals surface area contributed by atoms with Crippen LogP contribution in [0.15, 0.2) is 138 Å². The lowest BCUT2D eigenvalue weighted by Gasteiger charge is -2.13. The third-order valence-corrected chi connectivity index (χ3v) is 9.30. The third-order valence-electron chi connectivity index (χ3n) is 8.81. The molecule has 0 saturated heterocycles. The third kappa shape index (κ3) is 10.0. The summed E-state index contributed by atoms with van der Waals surface area (Å²) in [7, 11) is 2.68. The molecular weight excluding hydrogens is 840 g/mol. The maximum absolute atomic E-state index is 12.1. The van der Waals surface area contributed by atoms with Gasteiger partial charge in [0.25, 0.3) is 0 Å². The second-order valence-corrected chi connectivity index (χ2v) is 14.2. The summed E-state index contributed by atoms with van der Waals surface area (Å²) >= 11 is 3.44. The average molecular weight is 878 g/mol. The quantitative estimate of drug-likeness (QED) is 0.133. The van der Waals surface area contributed by atoms with Crippen LogP contribution in [0.25, 0.3) is 33.2 Å². The van der Waals surface area contributed by atoms with Gasteiger partial charge in [-0.3, -0.25) is 0 Å². The van der Waals surface area contributed by atoms with E-state index in [9.17, 15) is 19.8 Å². The van der Waals surface area contributed by atoms with Gasteiger partial charge in [-0.1, -0.05) is 82.2 Å². The Morgan fingerprint density at radius 1 is 0.639 bits per heavy atom. The molecule has 15 heteroatoms. The Bertz CT molecular complexity index is 2930. The number of terminal acetylenes is 1. The van der Waals surface area contributed by atoms with Crippen molar-refractivity contribution in [2.24, 2.45) is 0 Å². The van der Waals surface area contributed by atoms with Crippen molar-refractivity contribution < 1.29 is 29.3 Å². The van der Waals surface area contributed by atoms with Crippen LogP contribution in [0.5, 0.6) is 0 Å². The topological polar surface area (TPSA) is 180 Å². The van der Waals surface area contributed by atoms with E-state index >= 15 is 0 Å². The van der Waals surface area contributed by atoms with Gasteiger partial charge in [-0.25, -0.2) is 38.9 Å². The smallest absolute Gasteiger partial charge is 0.359 e. The van der Waals surface area contributed by atoms with E-state index in [1.807, 2.05) is 97.1 Å². The number of fused-ring (bicyclic) bond motifs is 2. The Kier molecular flexibility index (Phi) is 13.4. The summed E-state index contributed by atoms with van der Waals surface area (Å²) in [6, 6.07) is 33.4. The van der Waals surface area contributed by atoms with Crippen LogP contribution >= 0.6 is 15.9 Å². The van der Waals surface area contributed by atoms with Crippen LogP contribution in [-0.2, 0) is 20.7 Å². The Morgan fingerprint density at radius 2 is 1.10 bits per heavy atom. The largest absolute Gasteiger partial charge is 0.464 e. The normalized spacial score (nSPS) is 12.4. The number of benzene rings is 4. The van der Waals surface area contributed by atoms with Gasteiger partial charge in [0.1, 0.15) is 0 Å². The van der Waals surface area contributed by atoms with E-state index in [0.717, 1.165) is 32.3 Å². The van der Waals surface area contributed by atoms with E-state index in [1.165, 1.54) is 33.5 Å². The monoisotopic (exact) mass is 876 g/mol. The van der Waals surface area contributed by atoms with E-state index in [2.05, 4.69) is 63.8 Å². The molecule has 0 saturated carbocycles. The molecule has 4 aromatic heterocycles. The molecule has 304 valence electrons. The summed E-state index contributed by atoms with van der Waals surface area (Å²) in [5, 5.41) is 30.4.